The number of hydrazone groups is 1. The van der Waals surface area contributed by atoms with Gasteiger partial charge in [0, 0.05) is 23.5 Å². The number of carbonyl (C=O) groups is 2. The zero-order chi connectivity index (χ0) is 22.8. The molecule has 1 aliphatic heterocycles. The lowest BCUT2D eigenvalue weighted by atomic mass is 10.0. The van der Waals surface area contributed by atoms with Gasteiger partial charge in [-0.15, -0.1) is 0 Å². The van der Waals surface area contributed by atoms with Gasteiger partial charge in [-0.05, 0) is 48.0 Å². The summed E-state index contributed by atoms with van der Waals surface area (Å²) in [6.45, 7) is -0.436. The van der Waals surface area contributed by atoms with E-state index in [1.165, 1.54) is 5.01 Å². The number of furan rings is 1. The summed E-state index contributed by atoms with van der Waals surface area (Å²) in [6, 6.07) is 18.0. The van der Waals surface area contributed by atoms with Crippen molar-refractivity contribution in [3.63, 3.8) is 0 Å². The summed E-state index contributed by atoms with van der Waals surface area (Å²) in [5, 5.41) is 6.62. The van der Waals surface area contributed by atoms with E-state index >= 15 is 0 Å². The Labute approximate surface area is 189 Å². The predicted molar refractivity (Wildman–Crippen MR) is 121 cm³/mol. The quantitative estimate of drug-likeness (QED) is 0.448. The molecule has 0 spiro atoms. The molecule has 1 N–H and O–H groups in total. The summed E-state index contributed by atoms with van der Waals surface area (Å²) in [4.78, 5) is 28.7. The molecule has 4 aromatic rings. The first-order valence-electron chi connectivity index (χ1n) is 10.4. The number of benzene rings is 2. The van der Waals surface area contributed by atoms with E-state index in [0.29, 0.717) is 17.7 Å². The fourth-order valence-corrected chi connectivity index (χ4v) is 3.91. The Kier molecular flexibility index (Phi) is 5.40. The number of aromatic nitrogens is 1. The predicted octanol–water partition coefficient (Wildman–Crippen LogP) is 4.30. The number of rotatable bonds is 6. The topological polar surface area (TPSA) is 97.1 Å². The number of esters is 1. The van der Waals surface area contributed by atoms with Crippen molar-refractivity contribution in [3.05, 3.63) is 90.0 Å². The molecule has 0 aliphatic carbocycles. The molecular weight excluding hydrogens is 422 g/mol. The van der Waals surface area contributed by atoms with Crippen molar-refractivity contribution in [1.82, 2.24) is 9.99 Å². The lowest BCUT2D eigenvalue weighted by Crippen LogP contribution is -2.31. The van der Waals surface area contributed by atoms with Crippen LogP contribution in [-0.4, -0.2) is 41.3 Å². The number of hydrogen-bond donors (Lipinski definition) is 1. The third kappa shape index (κ3) is 3.98. The van der Waals surface area contributed by atoms with Crippen LogP contribution in [0, 0.1) is 0 Å². The highest BCUT2D eigenvalue weighted by Crippen LogP contribution is 2.33. The van der Waals surface area contributed by atoms with E-state index in [1.54, 1.807) is 31.7 Å². The highest BCUT2D eigenvalue weighted by atomic mass is 16.5. The standard InChI is InChI=1S/C25H21N3O5/c1-31-17-10-8-16(9-11-17)21-13-22(23-7-4-12-32-23)28(27-21)24(29)15-33-25(30)19-14-26-20-6-3-2-5-18(19)20/h2-12,14,22,26H,13,15H2,1H3/t22-/m0/s1. The van der Waals surface area contributed by atoms with Gasteiger partial charge in [-0.1, -0.05) is 18.2 Å². The molecule has 1 amide bonds. The molecule has 0 saturated heterocycles. The van der Waals surface area contributed by atoms with Gasteiger partial charge in [0.2, 0.25) is 0 Å². The molecule has 8 nitrogen and oxygen atoms in total. The fraction of sp³-hybridized carbons (Fsp3) is 0.160. The molecular formula is C25H21N3O5. The Morgan fingerprint density at radius 2 is 1.94 bits per heavy atom. The largest absolute Gasteiger partial charge is 0.497 e. The number of carbonyl (C=O) groups excluding carboxylic acids is 2. The smallest absolute Gasteiger partial charge is 0.340 e. The molecule has 0 fully saturated rings. The summed E-state index contributed by atoms with van der Waals surface area (Å²) in [7, 11) is 1.60. The summed E-state index contributed by atoms with van der Waals surface area (Å²) in [6.07, 6.45) is 3.61. The van der Waals surface area contributed by atoms with Crippen LogP contribution < -0.4 is 4.74 Å². The minimum absolute atomic E-state index is 0.379. The van der Waals surface area contributed by atoms with E-state index in [9.17, 15) is 9.59 Å². The lowest BCUT2D eigenvalue weighted by Gasteiger charge is -2.19. The number of aromatic amines is 1. The number of hydrogen-bond acceptors (Lipinski definition) is 6. The molecule has 0 unspecified atom stereocenters. The Morgan fingerprint density at radius 3 is 2.70 bits per heavy atom. The molecule has 1 aliphatic rings. The van der Waals surface area contributed by atoms with E-state index in [1.807, 2.05) is 48.5 Å². The van der Waals surface area contributed by atoms with Gasteiger partial charge in [0.25, 0.3) is 5.91 Å². The third-order valence-electron chi connectivity index (χ3n) is 5.60. The number of methoxy groups -OCH3 is 1. The Morgan fingerprint density at radius 1 is 1.12 bits per heavy atom. The van der Waals surface area contributed by atoms with Crippen molar-refractivity contribution in [2.24, 2.45) is 5.10 Å². The van der Waals surface area contributed by atoms with Gasteiger partial charge in [0.1, 0.15) is 17.6 Å². The Bertz CT molecular complexity index is 1320. The van der Waals surface area contributed by atoms with Gasteiger partial charge >= 0.3 is 5.97 Å². The van der Waals surface area contributed by atoms with E-state index < -0.39 is 24.5 Å². The second-order valence-electron chi connectivity index (χ2n) is 7.57. The summed E-state index contributed by atoms with van der Waals surface area (Å²) >= 11 is 0. The van der Waals surface area contributed by atoms with Crippen LogP contribution in [0.2, 0.25) is 0 Å². The van der Waals surface area contributed by atoms with Gasteiger partial charge < -0.3 is 18.9 Å². The van der Waals surface area contributed by atoms with E-state index in [-0.39, 0.29) is 0 Å². The Hall–Kier alpha value is -4.33. The molecule has 0 saturated carbocycles. The van der Waals surface area contributed by atoms with Crippen LogP contribution in [0.1, 0.15) is 34.1 Å². The minimum atomic E-state index is -0.575. The average Bonchev–Trinajstić information content (AvgIpc) is 3.61. The number of fused-ring (bicyclic) bond motifs is 1. The van der Waals surface area contributed by atoms with E-state index in [2.05, 4.69) is 10.1 Å². The first-order valence-corrected chi connectivity index (χ1v) is 10.4. The summed E-state index contributed by atoms with van der Waals surface area (Å²) in [5.74, 6) is 0.331. The first-order chi connectivity index (χ1) is 16.1. The van der Waals surface area contributed by atoms with Gasteiger partial charge in [-0.2, -0.15) is 5.10 Å². The highest BCUT2D eigenvalue weighted by molar-refractivity contribution is 6.05. The average molecular weight is 443 g/mol. The monoisotopic (exact) mass is 443 g/mol. The van der Waals surface area contributed by atoms with Crippen molar-refractivity contribution in [2.45, 2.75) is 12.5 Å². The Balaban J connectivity index is 1.34. The maximum Gasteiger partial charge on any atom is 0.340 e. The van der Waals surface area contributed by atoms with Gasteiger partial charge in [-0.25, -0.2) is 9.80 Å². The van der Waals surface area contributed by atoms with E-state index in [0.717, 1.165) is 27.9 Å². The van der Waals surface area contributed by atoms with Crippen molar-refractivity contribution < 1.29 is 23.5 Å². The maximum atomic E-state index is 13.0. The third-order valence-corrected chi connectivity index (χ3v) is 5.60. The number of ether oxygens (including phenoxy) is 2. The second-order valence-corrected chi connectivity index (χ2v) is 7.57. The molecule has 3 heterocycles. The van der Waals surface area contributed by atoms with Crippen LogP contribution in [0.3, 0.4) is 0 Å². The molecule has 1 atom stereocenters. The summed E-state index contributed by atoms with van der Waals surface area (Å²) in [5.41, 5.74) is 2.81. The molecule has 5 rings (SSSR count). The second kappa shape index (κ2) is 8.66. The number of H-pyrrole nitrogens is 1. The fourth-order valence-electron chi connectivity index (χ4n) is 3.91. The first kappa shape index (κ1) is 20.6. The number of amides is 1. The van der Waals surface area contributed by atoms with Gasteiger partial charge in [0.15, 0.2) is 6.61 Å². The van der Waals surface area contributed by atoms with Crippen LogP contribution in [-0.2, 0) is 9.53 Å². The van der Waals surface area contributed by atoms with Crippen LogP contribution in [0.4, 0.5) is 0 Å². The number of nitrogens with one attached hydrogen (secondary N) is 1. The van der Waals surface area contributed by atoms with Crippen molar-refractivity contribution in [1.29, 1.82) is 0 Å². The maximum absolute atomic E-state index is 13.0. The molecule has 8 heteroatoms. The molecule has 166 valence electrons. The molecule has 0 radical (unpaired) electrons. The van der Waals surface area contributed by atoms with Crippen molar-refractivity contribution in [3.8, 4) is 5.75 Å². The van der Waals surface area contributed by atoms with Crippen molar-refractivity contribution >= 4 is 28.5 Å². The van der Waals surface area contributed by atoms with E-state index in [4.69, 9.17) is 13.9 Å². The molecule has 2 aromatic heterocycles. The zero-order valence-corrected chi connectivity index (χ0v) is 17.9. The van der Waals surface area contributed by atoms with Gasteiger partial charge in [0.05, 0.1) is 24.6 Å². The molecule has 33 heavy (non-hydrogen) atoms. The van der Waals surface area contributed by atoms with Crippen LogP contribution in [0.25, 0.3) is 10.9 Å². The minimum Gasteiger partial charge on any atom is -0.497 e. The number of para-hydroxylation sites is 1. The van der Waals surface area contributed by atoms with Crippen molar-refractivity contribution in [2.75, 3.05) is 13.7 Å². The summed E-state index contributed by atoms with van der Waals surface area (Å²) < 4.78 is 16.1. The lowest BCUT2D eigenvalue weighted by molar-refractivity contribution is -0.136. The SMILES string of the molecule is COc1ccc(C2=NN(C(=O)COC(=O)c3c[nH]c4ccccc34)[C@H](c3ccco3)C2)cc1. The normalized spacial score (nSPS) is 15.5. The highest BCUT2D eigenvalue weighted by Gasteiger charge is 2.35. The van der Waals surface area contributed by atoms with Crippen LogP contribution in [0.5, 0.6) is 5.75 Å². The van der Waals surface area contributed by atoms with Gasteiger partial charge in [-0.3, -0.25) is 4.79 Å². The number of nitrogens with zero attached hydrogens (tertiary/aromatic N) is 2. The van der Waals surface area contributed by atoms with Crippen LogP contribution in [0.15, 0.2) is 82.6 Å². The molecule has 2 aromatic carbocycles. The molecule has 0 bridgehead atoms. The zero-order valence-electron chi connectivity index (χ0n) is 17.9. The van der Waals surface area contributed by atoms with Crippen LogP contribution >= 0.6 is 0 Å².